The first-order valence-electron chi connectivity index (χ1n) is 6.44. The zero-order valence-corrected chi connectivity index (χ0v) is 12.4. The summed E-state index contributed by atoms with van der Waals surface area (Å²) >= 11 is 3.42. The van der Waals surface area contributed by atoms with Crippen LogP contribution in [-0.2, 0) is 13.0 Å². The molecule has 0 bridgehead atoms. The van der Waals surface area contributed by atoms with Crippen LogP contribution in [0.2, 0.25) is 0 Å². The highest BCUT2D eigenvalue weighted by Gasteiger charge is 1.98. The fraction of sp³-hybridized carbons (Fsp3) is 0.250. The third kappa shape index (κ3) is 4.69. The summed E-state index contributed by atoms with van der Waals surface area (Å²) in [6, 6.07) is 16.4. The van der Waals surface area contributed by atoms with E-state index < -0.39 is 0 Å². The van der Waals surface area contributed by atoms with Gasteiger partial charge < -0.3 is 10.5 Å². The molecule has 100 valence electrons. The Hall–Kier alpha value is -1.32. The van der Waals surface area contributed by atoms with E-state index in [0.29, 0.717) is 6.61 Å². The van der Waals surface area contributed by atoms with Gasteiger partial charge >= 0.3 is 0 Å². The van der Waals surface area contributed by atoms with E-state index in [9.17, 15) is 0 Å². The van der Waals surface area contributed by atoms with Crippen molar-refractivity contribution in [3.63, 3.8) is 0 Å². The number of nitrogens with two attached hydrogens (primary N) is 1. The summed E-state index contributed by atoms with van der Waals surface area (Å²) < 4.78 is 6.89. The van der Waals surface area contributed by atoms with Gasteiger partial charge in [0, 0.05) is 4.47 Å². The Balaban J connectivity index is 1.93. The summed E-state index contributed by atoms with van der Waals surface area (Å²) in [5.41, 5.74) is 7.97. The molecule has 0 atom stereocenters. The van der Waals surface area contributed by atoms with Crippen LogP contribution in [0.5, 0.6) is 5.75 Å². The third-order valence-electron chi connectivity index (χ3n) is 2.89. The SMILES string of the molecule is NCCCc1cccc(OCc2ccc(Br)cc2)c1. The van der Waals surface area contributed by atoms with Crippen molar-refractivity contribution < 1.29 is 4.74 Å². The zero-order chi connectivity index (χ0) is 13.5. The molecule has 0 amide bonds. The Bertz CT molecular complexity index is 510. The summed E-state index contributed by atoms with van der Waals surface area (Å²) in [5, 5.41) is 0. The molecule has 2 aromatic carbocycles. The fourth-order valence-electron chi connectivity index (χ4n) is 1.84. The van der Waals surface area contributed by atoms with E-state index in [1.165, 1.54) is 5.56 Å². The van der Waals surface area contributed by atoms with Gasteiger partial charge in [-0.1, -0.05) is 40.2 Å². The number of ether oxygens (including phenoxy) is 1. The standard InChI is InChI=1S/C16H18BrNO/c17-15-8-6-14(7-9-15)12-19-16-5-1-3-13(11-16)4-2-10-18/h1,3,5-9,11H,2,4,10,12,18H2. The van der Waals surface area contributed by atoms with Crippen molar-refractivity contribution in [3.8, 4) is 5.75 Å². The van der Waals surface area contributed by atoms with E-state index in [1.807, 2.05) is 24.3 Å². The van der Waals surface area contributed by atoms with E-state index in [1.54, 1.807) is 0 Å². The second-order valence-corrected chi connectivity index (χ2v) is 5.37. The molecular formula is C16H18BrNO. The van der Waals surface area contributed by atoms with Crippen LogP contribution in [0.25, 0.3) is 0 Å². The van der Waals surface area contributed by atoms with Crippen molar-refractivity contribution in [2.75, 3.05) is 6.54 Å². The van der Waals surface area contributed by atoms with E-state index in [0.717, 1.165) is 35.2 Å². The van der Waals surface area contributed by atoms with Crippen LogP contribution in [0.4, 0.5) is 0 Å². The van der Waals surface area contributed by atoms with Gasteiger partial charge in [0.2, 0.25) is 0 Å². The first kappa shape index (κ1) is 14.1. The maximum Gasteiger partial charge on any atom is 0.120 e. The van der Waals surface area contributed by atoms with Crippen LogP contribution >= 0.6 is 15.9 Å². The van der Waals surface area contributed by atoms with Gasteiger partial charge in [-0.2, -0.15) is 0 Å². The van der Waals surface area contributed by atoms with E-state index in [4.69, 9.17) is 10.5 Å². The topological polar surface area (TPSA) is 35.2 Å². The lowest BCUT2D eigenvalue weighted by Crippen LogP contribution is -2.00. The number of hydrogen-bond donors (Lipinski definition) is 1. The van der Waals surface area contributed by atoms with Crippen molar-refractivity contribution in [2.45, 2.75) is 19.4 Å². The summed E-state index contributed by atoms with van der Waals surface area (Å²) in [7, 11) is 0. The lowest BCUT2D eigenvalue weighted by Gasteiger charge is -2.08. The van der Waals surface area contributed by atoms with Crippen LogP contribution < -0.4 is 10.5 Å². The minimum Gasteiger partial charge on any atom is -0.489 e. The number of halogens is 1. The molecule has 2 N–H and O–H groups in total. The maximum atomic E-state index is 5.81. The van der Waals surface area contributed by atoms with Crippen molar-refractivity contribution in [2.24, 2.45) is 5.73 Å². The molecule has 2 aromatic rings. The number of rotatable bonds is 6. The van der Waals surface area contributed by atoms with Crippen LogP contribution in [0.15, 0.2) is 53.0 Å². The minimum atomic E-state index is 0.591. The molecule has 0 aliphatic carbocycles. The van der Waals surface area contributed by atoms with Crippen LogP contribution in [0.1, 0.15) is 17.5 Å². The molecule has 0 fully saturated rings. The Kier molecular flexibility index (Phi) is 5.43. The van der Waals surface area contributed by atoms with Gasteiger partial charge in [-0.25, -0.2) is 0 Å². The Morgan fingerprint density at radius 2 is 1.79 bits per heavy atom. The third-order valence-corrected chi connectivity index (χ3v) is 3.42. The van der Waals surface area contributed by atoms with Crippen LogP contribution in [-0.4, -0.2) is 6.54 Å². The van der Waals surface area contributed by atoms with Crippen LogP contribution in [0.3, 0.4) is 0 Å². The first-order valence-corrected chi connectivity index (χ1v) is 7.23. The number of hydrogen-bond acceptors (Lipinski definition) is 2. The second-order valence-electron chi connectivity index (χ2n) is 4.45. The zero-order valence-electron chi connectivity index (χ0n) is 10.8. The molecule has 0 saturated heterocycles. The van der Waals surface area contributed by atoms with Gasteiger partial charge in [-0.05, 0) is 54.8 Å². The average molecular weight is 320 g/mol. The minimum absolute atomic E-state index is 0.591. The van der Waals surface area contributed by atoms with E-state index >= 15 is 0 Å². The molecule has 0 spiro atoms. The first-order chi connectivity index (χ1) is 9.28. The van der Waals surface area contributed by atoms with Gasteiger partial charge in [0.25, 0.3) is 0 Å². The summed E-state index contributed by atoms with van der Waals surface area (Å²) in [6.45, 7) is 1.32. The number of benzene rings is 2. The van der Waals surface area contributed by atoms with Gasteiger partial charge in [-0.15, -0.1) is 0 Å². The highest BCUT2D eigenvalue weighted by atomic mass is 79.9. The lowest BCUT2D eigenvalue weighted by atomic mass is 10.1. The molecular weight excluding hydrogens is 302 g/mol. The normalized spacial score (nSPS) is 10.4. The fourth-order valence-corrected chi connectivity index (χ4v) is 2.11. The van der Waals surface area contributed by atoms with Gasteiger partial charge in [0.1, 0.15) is 12.4 Å². The lowest BCUT2D eigenvalue weighted by molar-refractivity contribution is 0.306. The molecule has 0 unspecified atom stereocenters. The predicted molar refractivity (Wildman–Crippen MR) is 82.3 cm³/mol. The maximum absolute atomic E-state index is 5.81. The highest BCUT2D eigenvalue weighted by molar-refractivity contribution is 9.10. The van der Waals surface area contributed by atoms with Crippen molar-refractivity contribution in [1.82, 2.24) is 0 Å². The molecule has 19 heavy (non-hydrogen) atoms. The molecule has 2 rings (SSSR count). The second kappa shape index (κ2) is 7.31. The Morgan fingerprint density at radius 1 is 1.00 bits per heavy atom. The van der Waals surface area contributed by atoms with Crippen molar-refractivity contribution in [1.29, 1.82) is 0 Å². The molecule has 0 aliphatic rings. The summed E-state index contributed by atoms with van der Waals surface area (Å²) in [6.07, 6.45) is 2.02. The van der Waals surface area contributed by atoms with E-state index in [2.05, 4.69) is 40.2 Å². The largest absolute Gasteiger partial charge is 0.489 e. The molecule has 0 radical (unpaired) electrons. The summed E-state index contributed by atoms with van der Waals surface area (Å²) in [4.78, 5) is 0. The highest BCUT2D eigenvalue weighted by Crippen LogP contribution is 2.17. The Labute approximate surface area is 122 Å². The predicted octanol–water partition coefficient (Wildman–Crippen LogP) is 3.92. The summed E-state index contributed by atoms with van der Waals surface area (Å²) in [5.74, 6) is 0.914. The van der Waals surface area contributed by atoms with Gasteiger partial charge in [0.15, 0.2) is 0 Å². The van der Waals surface area contributed by atoms with Crippen molar-refractivity contribution >= 4 is 15.9 Å². The molecule has 2 nitrogen and oxygen atoms in total. The smallest absolute Gasteiger partial charge is 0.120 e. The molecule has 0 aromatic heterocycles. The Morgan fingerprint density at radius 3 is 2.53 bits per heavy atom. The monoisotopic (exact) mass is 319 g/mol. The molecule has 0 heterocycles. The average Bonchev–Trinajstić information content (AvgIpc) is 2.45. The van der Waals surface area contributed by atoms with E-state index in [-0.39, 0.29) is 0 Å². The van der Waals surface area contributed by atoms with Crippen LogP contribution in [0, 0.1) is 0 Å². The molecule has 0 aliphatic heterocycles. The number of aryl methyl sites for hydroxylation is 1. The molecule has 0 saturated carbocycles. The van der Waals surface area contributed by atoms with Gasteiger partial charge in [-0.3, -0.25) is 0 Å². The van der Waals surface area contributed by atoms with Crippen molar-refractivity contribution in [3.05, 3.63) is 64.1 Å². The van der Waals surface area contributed by atoms with Gasteiger partial charge in [0.05, 0.1) is 0 Å². The quantitative estimate of drug-likeness (QED) is 0.875. The molecule has 3 heteroatoms.